The summed E-state index contributed by atoms with van der Waals surface area (Å²) in [5.74, 6) is 0.448. The summed E-state index contributed by atoms with van der Waals surface area (Å²) in [5.41, 5.74) is 0.450. The fourth-order valence-corrected chi connectivity index (χ4v) is 1.01. The third kappa shape index (κ3) is 1.80. The van der Waals surface area contributed by atoms with Gasteiger partial charge in [-0.25, -0.2) is 0 Å². The lowest BCUT2D eigenvalue weighted by Crippen LogP contribution is -2.23. The quantitative estimate of drug-likeness (QED) is 0.619. The lowest BCUT2D eigenvalue weighted by atomic mass is 10.5. The Bertz CT molecular complexity index is 295. The van der Waals surface area contributed by atoms with E-state index in [9.17, 15) is 4.79 Å². The van der Waals surface area contributed by atoms with E-state index in [1.165, 1.54) is 0 Å². The van der Waals surface area contributed by atoms with Crippen molar-refractivity contribution < 1.29 is 0 Å². The third-order valence-electron chi connectivity index (χ3n) is 1.41. The summed E-state index contributed by atoms with van der Waals surface area (Å²) in [6, 6.07) is 0. The summed E-state index contributed by atoms with van der Waals surface area (Å²) >= 11 is 5.48. The second-order valence-electron chi connectivity index (χ2n) is 2.20. The minimum absolute atomic E-state index is 0.0619. The number of aryl methyl sites for hydroxylation is 2. The van der Waals surface area contributed by atoms with Crippen molar-refractivity contribution in [1.29, 1.82) is 0 Å². The second-order valence-corrected chi connectivity index (χ2v) is 2.58. The zero-order valence-corrected chi connectivity index (χ0v) is 7.01. The molecule has 1 aromatic rings. The molecule has 0 aliphatic carbocycles. The van der Waals surface area contributed by atoms with Gasteiger partial charge in [0.1, 0.15) is 5.69 Å². The first-order chi connectivity index (χ1) is 5.25. The second kappa shape index (κ2) is 3.53. The molecule has 0 saturated heterocycles. The lowest BCUT2D eigenvalue weighted by molar-refractivity contribution is 0.713. The van der Waals surface area contributed by atoms with Crippen molar-refractivity contribution in [3.05, 3.63) is 28.4 Å². The summed E-state index contributed by atoms with van der Waals surface area (Å²) in [7, 11) is 0. The van der Waals surface area contributed by atoms with Crippen LogP contribution in [-0.4, -0.2) is 15.4 Å². The molecular formula is C7H9ClN2O. The van der Waals surface area contributed by atoms with Crippen LogP contribution in [0.15, 0.2) is 17.2 Å². The summed E-state index contributed by atoms with van der Waals surface area (Å²) in [6.45, 7) is 2.23. The first-order valence-electron chi connectivity index (χ1n) is 3.33. The maximum absolute atomic E-state index is 11.2. The van der Waals surface area contributed by atoms with E-state index in [4.69, 9.17) is 11.6 Å². The molecule has 1 rings (SSSR count). The zero-order chi connectivity index (χ0) is 8.27. The molecule has 1 heterocycles. The van der Waals surface area contributed by atoms with Gasteiger partial charge in [0.25, 0.3) is 5.56 Å². The molecule has 1 aromatic heterocycles. The molecule has 0 aliphatic heterocycles. The highest BCUT2D eigenvalue weighted by Gasteiger charge is 1.96. The molecule has 0 aliphatic rings. The first kappa shape index (κ1) is 8.27. The highest BCUT2D eigenvalue weighted by molar-refractivity contribution is 6.17. The van der Waals surface area contributed by atoms with E-state index < -0.39 is 0 Å². The Morgan fingerprint density at radius 3 is 3.09 bits per heavy atom. The smallest absolute Gasteiger partial charge is 0.271 e. The van der Waals surface area contributed by atoms with E-state index in [0.29, 0.717) is 18.1 Å². The molecule has 0 radical (unpaired) electrons. The highest BCUT2D eigenvalue weighted by Crippen LogP contribution is 1.85. The first-order valence-corrected chi connectivity index (χ1v) is 3.87. The van der Waals surface area contributed by atoms with E-state index >= 15 is 0 Å². The fourth-order valence-electron chi connectivity index (χ4n) is 0.823. The standard InChI is InChI=1S/C7H9ClN2O/c1-6-7(11)10(4-2-8)5-3-9-6/h3,5H,2,4H2,1H3. The molecule has 0 bridgehead atoms. The lowest BCUT2D eigenvalue weighted by Gasteiger charge is -2.01. The van der Waals surface area contributed by atoms with Gasteiger partial charge in [0.15, 0.2) is 0 Å². The minimum atomic E-state index is -0.0619. The van der Waals surface area contributed by atoms with Gasteiger partial charge in [0.2, 0.25) is 0 Å². The van der Waals surface area contributed by atoms with Crippen LogP contribution >= 0.6 is 11.6 Å². The molecule has 60 valence electrons. The van der Waals surface area contributed by atoms with E-state index in [2.05, 4.69) is 4.98 Å². The Morgan fingerprint density at radius 1 is 1.73 bits per heavy atom. The number of hydrogen-bond donors (Lipinski definition) is 0. The molecule has 11 heavy (non-hydrogen) atoms. The Kier molecular flexibility index (Phi) is 2.65. The van der Waals surface area contributed by atoms with Crippen LogP contribution in [0.5, 0.6) is 0 Å². The van der Waals surface area contributed by atoms with Crippen molar-refractivity contribution in [2.24, 2.45) is 0 Å². The maximum atomic E-state index is 11.2. The Labute approximate surface area is 69.6 Å². The number of aromatic nitrogens is 2. The van der Waals surface area contributed by atoms with Gasteiger partial charge in [-0.05, 0) is 6.92 Å². The number of hydrogen-bond acceptors (Lipinski definition) is 2. The predicted molar refractivity (Wildman–Crippen MR) is 44.0 cm³/mol. The largest absolute Gasteiger partial charge is 0.311 e. The number of alkyl halides is 1. The molecule has 3 nitrogen and oxygen atoms in total. The van der Waals surface area contributed by atoms with Gasteiger partial charge in [-0.1, -0.05) is 0 Å². The normalized spacial score (nSPS) is 10.0. The van der Waals surface area contributed by atoms with Crippen molar-refractivity contribution in [2.75, 3.05) is 5.88 Å². The van der Waals surface area contributed by atoms with Crippen LogP contribution in [0.1, 0.15) is 5.69 Å². The van der Waals surface area contributed by atoms with Gasteiger partial charge in [0, 0.05) is 24.8 Å². The molecule has 0 fully saturated rings. The molecule has 0 N–H and O–H groups in total. The van der Waals surface area contributed by atoms with Crippen molar-refractivity contribution in [1.82, 2.24) is 9.55 Å². The Hall–Kier alpha value is -0.830. The third-order valence-corrected chi connectivity index (χ3v) is 1.58. The number of halogens is 1. The Morgan fingerprint density at radius 2 is 2.45 bits per heavy atom. The molecule has 0 aromatic carbocycles. The summed E-state index contributed by atoms with van der Waals surface area (Å²) in [6.07, 6.45) is 3.24. The van der Waals surface area contributed by atoms with Crippen LogP contribution in [0.2, 0.25) is 0 Å². The molecule has 0 spiro atoms. The summed E-state index contributed by atoms with van der Waals surface area (Å²) in [5, 5.41) is 0. The van der Waals surface area contributed by atoms with E-state index in [-0.39, 0.29) is 5.56 Å². The van der Waals surface area contributed by atoms with Crippen molar-refractivity contribution >= 4 is 11.6 Å². The van der Waals surface area contributed by atoms with Gasteiger partial charge in [-0.3, -0.25) is 9.78 Å². The molecule has 0 atom stereocenters. The molecule has 0 amide bonds. The molecule has 0 saturated carbocycles. The fraction of sp³-hybridized carbons (Fsp3) is 0.429. The topological polar surface area (TPSA) is 34.9 Å². The van der Waals surface area contributed by atoms with Crippen molar-refractivity contribution in [3.8, 4) is 0 Å². The molecule has 4 heteroatoms. The predicted octanol–water partition coefficient (Wildman–Crippen LogP) is 0.791. The summed E-state index contributed by atoms with van der Waals surface area (Å²) in [4.78, 5) is 15.0. The van der Waals surface area contributed by atoms with Crippen LogP contribution in [-0.2, 0) is 6.54 Å². The van der Waals surface area contributed by atoms with E-state index in [1.807, 2.05) is 0 Å². The zero-order valence-electron chi connectivity index (χ0n) is 6.25. The average molecular weight is 173 g/mol. The van der Waals surface area contributed by atoms with Gasteiger partial charge in [0.05, 0.1) is 0 Å². The monoisotopic (exact) mass is 172 g/mol. The van der Waals surface area contributed by atoms with Crippen molar-refractivity contribution in [3.63, 3.8) is 0 Å². The number of nitrogens with zero attached hydrogens (tertiary/aromatic N) is 2. The number of rotatable bonds is 2. The van der Waals surface area contributed by atoms with Crippen LogP contribution in [0.4, 0.5) is 0 Å². The summed E-state index contributed by atoms with van der Waals surface area (Å²) < 4.78 is 1.55. The maximum Gasteiger partial charge on any atom is 0.271 e. The van der Waals surface area contributed by atoms with E-state index in [1.54, 1.807) is 23.9 Å². The van der Waals surface area contributed by atoms with Crippen LogP contribution in [0, 0.1) is 6.92 Å². The van der Waals surface area contributed by atoms with Crippen molar-refractivity contribution in [2.45, 2.75) is 13.5 Å². The van der Waals surface area contributed by atoms with Crippen LogP contribution in [0.3, 0.4) is 0 Å². The molecular weight excluding hydrogens is 164 g/mol. The van der Waals surface area contributed by atoms with Crippen LogP contribution in [0.25, 0.3) is 0 Å². The average Bonchev–Trinajstić information content (AvgIpc) is 1.99. The molecule has 0 unspecified atom stereocenters. The van der Waals surface area contributed by atoms with Gasteiger partial charge in [-0.2, -0.15) is 0 Å². The van der Waals surface area contributed by atoms with Gasteiger partial charge in [-0.15, -0.1) is 11.6 Å². The SMILES string of the molecule is Cc1nccn(CCCl)c1=O. The highest BCUT2D eigenvalue weighted by atomic mass is 35.5. The van der Waals surface area contributed by atoms with E-state index in [0.717, 1.165) is 0 Å². The van der Waals surface area contributed by atoms with Crippen LogP contribution < -0.4 is 5.56 Å². The Balaban J connectivity index is 3.07. The van der Waals surface area contributed by atoms with Gasteiger partial charge >= 0.3 is 0 Å². The van der Waals surface area contributed by atoms with Gasteiger partial charge < -0.3 is 4.57 Å². The minimum Gasteiger partial charge on any atom is -0.311 e.